The minimum Gasteiger partial charge on any atom is -0.381 e. The van der Waals surface area contributed by atoms with E-state index in [4.69, 9.17) is 9.47 Å². The molecular formula is C15H21NO2. The standard InChI is InChI=1S/C15H21NO2/c1-2-5-13(6-3-1)14-15(18-12-9-16-14)7-4-10-17-11-8-15/h1-3,5-6,14,16H,4,7-12H2. The smallest absolute Gasteiger partial charge is 0.0899 e. The fourth-order valence-corrected chi connectivity index (χ4v) is 3.17. The average Bonchev–Trinajstić information content (AvgIpc) is 2.67. The average molecular weight is 247 g/mol. The summed E-state index contributed by atoms with van der Waals surface area (Å²) in [6, 6.07) is 11.0. The summed E-state index contributed by atoms with van der Waals surface area (Å²) in [6.07, 6.45) is 3.16. The van der Waals surface area contributed by atoms with E-state index >= 15 is 0 Å². The van der Waals surface area contributed by atoms with Crippen molar-refractivity contribution in [3.05, 3.63) is 35.9 Å². The van der Waals surface area contributed by atoms with Crippen molar-refractivity contribution >= 4 is 0 Å². The molecule has 0 bridgehead atoms. The Morgan fingerprint density at radius 2 is 1.94 bits per heavy atom. The summed E-state index contributed by atoms with van der Waals surface area (Å²) in [5.41, 5.74) is 1.26. The van der Waals surface area contributed by atoms with Crippen molar-refractivity contribution in [2.75, 3.05) is 26.4 Å². The second-order valence-corrected chi connectivity index (χ2v) is 5.18. The number of hydrogen-bond donors (Lipinski definition) is 1. The Morgan fingerprint density at radius 3 is 2.83 bits per heavy atom. The third-order valence-electron chi connectivity index (χ3n) is 4.06. The van der Waals surface area contributed by atoms with Crippen LogP contribution in [0, 0.1) is 0 Å². The van der Waals surface area contributed by atoms with Crippen LogP contribution in [0.1, 0.15) is 30.9 Å². The van der Waals surface area contributed by atoms with Gasteiger partial charge in [0.25, 0.3) is 0 Å². The van der Waals surface area contributed by atoms with Gasteiger partial charge in [0.05, 0.1) is 18.2 Å². The molecule has 2 aliphatic heterocycles. The molecule has 2 heterocycles. The fourth-order valence-electron chi connectivity index (χ4n) is 3.17. The van der Waals surface area contributed by atoms with Gasteiger partial charge in [-0.3, -0.25) is 0 Å². The number of ether oxygens (including phenoxy) is 2. The van der Waals surface area contributed by atoms with Gasteiger partial charge in [-0.15, -0.1) is 0 Å². The lowest BCUT2D eigenvalue weighted by Gasteiger charge is -2.44. The van der Waals surface area contributed by atoms with Crippen molar-refractivity contribution in [2.45, 2.75) is 30.9 Å². The molecule has 2 saturated heterocycles. The molecule has 18 heavy (non-hydrogen) atoms. The molecule has 2 unspecified atom stereocenters. The maximum Gasteiger partial charge on any atom is 0.0899 e. The zero-order valence-corrected chi connectivity index (χ0v) is 10.7. The molecule has 1 spiro atoms. The molecule has 3 nitrogen and oxygen atoms in total. The van der Waals surface area contributed by atoms with E-state index in [0.717, 1.165) is 45.6 Å². The number of rotatable bonds is 1. The van der Waals surface area contributed by atoms with Crippen LogP contribution in [0.3, 0.4) is 0 Å². The van der Waals surface area contributed by atoms with Gasteiger partial charge >= 0.3 is 0 Å². The SMILES string of the molecule is c1ccc(C2NCCOC23CCCOCC3)cc1. The molecule has 0 aliphatic carbocycles. The van der Waals surface area contributed by atoms with Crippen molar-refractivity contribution in [3.63, 3.8) is 0 Å². The summed E-state index contributed by atoms with van der Waals surface area (Å²) >= 11 is 0. The van der Waals surface area contributed by atoms with Crippen LogP contribution < -0.4 is 5.32 Å². The summed E-state index contributed by atoms with van der Waals surface area (Å²) in [4.78, 5) is 0. The first-order chi connectivity index (χ1) is 8.91. The second kappa shape index (κ2) is 5.39. The topological polar surface area (TPSA) is 30.5 Å². The van der Waals surface area contributed by atoms with Crippen LogP contribution in [0.25, 0.3) is 0 Å². The first kappa shape index (κ1) is 12.2. The Labute approximate surface area is 108 Å². The maximum absolute atomic E-state index is 6.21. The monoisotopic (exact) mass is 247 g/mol. The first-order valence-corrected chi connectivity index (χ1v) is 6.91. The lowest BCUT2D eigenvalue weighted by Crippen LogP contribution is -2.52. The first-order valence-electron chi connectivity index (χ1n) is 6.91. The Balaban J connectivity index is 1.89. The van der Waals surface area contributed by atoms with E-state index in [1.807, 2.05) is 0 Å². The molecule has 0 amide bonds. The summed E-state index contributed by atoms with van der Waals surface area (Å²) in [5, 5.41) is 3.64. The Hall–Kier alpha value is -0.900. The highest BCUT2D eigenvalue weighted by atomic mass is 16.5. The molecule has 0 saturated carbocycles. The van der Waals surface area contributed by atoms with Gasteiger partial charge in [0.15, 0.2) is 0 Å². The molecule has 1 aromatic carbocycles. The molecular weight excluding hydrogens is 226 g/mol. The van der Waals surface area contributed by atoms with E-state index in [1.165, 1.54) is 5.56 Å². The van der Waals surface area contributed by atoms with Crippen LogP contribution in [-0.2, 0) is 9.47 Å². The van der Waals surface area contributed by atoms with E-state index in [0.29, 0.717) is 6.04 Å². The van der Waals surface area contributed by atoms with Crippen LogP contribution >= 0.6 is 0 Å². The normalized spacial score (nSPS) is 33.2. The van der Waals surface area contributed by atoms with Crippen LogP contribution in [0.5, 0.6) is 0 Å². The number of nitrogens with one attached hydrogen (secondary N) is 1. The molecule has 2 aliphatic rings. The minimum absolute atomic E-state index is 0.0733. The van der Waals surface area contributed by atoms with Gasteiger partial charge in [0, 0.05) is 26.2 Å². The Bertz CT molecular complexity index is 371. The molecule has 2 fully saturated rings. The molecule has 1 N–H and O–H groups in total. The van der Waals surface area contributed by atoms with Crippen LogP contribution in [0.2, 0.25) is 0 Å². The lowest BCUT2D eigenvalue weighted by atomic mass is 9.81. The fraction of sp³-hybridized carbons (Fsp3) is 0.600. The minimum atomic E-state index is -0.0733. The molecule has 3 rings (SSSR count). The lowest BCUT2D eigenvalue weighted by molar-refractivity contribution is -0.109. The van der Waals surface area contributed by atoms with Gasteiger partial charge in [-0.1, -0.05) is 30.3 Å². The number of benzene rings is 1. The molecule has 1 aromatic rings. The molecule has 2 atom stereocenters. The summed E-state index contributed by atoms with van der Waals surface area (Å²) < 4.78 is 11.8. The zero-order chi connectivity index (χ0) is 12.3. The number of hydrogen-bond acceptors (Lipinski definition) is 3. The third kappa shape index (κ3) is 2.30. The van der Waals surface area contributed by atoms with Crippen LogP contribution in [0.15, 0.2) is 30.3 Å². The van der Waals surface area contributed by atoms with Gasteiger partial charge in [-0.2, -0.15) is 0 Å². The third-order valence-corrected chi connectivity index (χ3v) is 4.06. The predicted octanol–water partition coefficient (Wildman–Crippen LogP) is 2.29. The van der Waals surface area contributed by atoms with Gasteiger partial charge in [-0.05, 0) is 18.4 Å². The van der Waals surface area contributed by atoms with Crippen molar-refractivity contribution < 1.29 is 9.47 Å². The van der Waals surface area contributed by atoms with Gasteiger partial charge in [-0.25, -0.2) is 0 Å². The van der Waals surface area contributed by atoms with Crippen LogP contribution in [-0.4, -0.2) is 32.0 Å². The largest absolute Gasteiger partial charge is 0.381 e. The highest BCUT2D eigenvalue weighted by Crippen LogP contribution is 2.39. The zero-order valence-electron chi connectivity index (χ0n) is 10.7. The quantitative estimate of drug-likeness (QED) is 0.826. The highest BCUT2D eigenvalue weighted by molar-refractivity contribution is 5.23. The van der Waals surface area contributed by atoms with E-state index in [-0.39, 0.29) is 5.60 Å². The van der Waals surface area contributed by atoms with Gasteiger partial charge < -0.3 is 14.8 Å². The summed E-state index contributed by atoms with van der Waals surface area (Å²) in [5.74, 6) is 0. The Morgan fingerprint density at radius 1 is 1.06 bits per heavy atom. The summed E-state index contributed by atoms with van der Waals surface area (Å²) in [7, 11) is 0. The van der Waals surface area contributed by atoms with Crippen molar-refractivity contribution in [1.29, 1.82) is 0 Å². The predicted molar refractivity (Wildman–Crippen MR) is 70.5 cm³/mol. The van der Waals surface area contributed by atoms with Crippen molar-refractivity contribution in [1.82, 2.24) is 5.32 Å². The van der Waals surface area contributed by atoms with E-state index in [1.54, 1.807) is 0 Å². The van der Waals surface area contributed by atoms with Crippen molar-refractivity contribution in [2.24, 2.45) is 0 Å². The molecule has 0 radical (unpaired) electrons. The molecule has 98 valence electrons. The van der Waals surface area contributed by atoms with E-state index < -0.39 is 0 Å². The van der Waals surface area contributed by atoms with E-state index in [9.17, 15) is 0 Å². The van der Waals surface area contributed by atoms with Gasteiger partial charge in [0.2, 0.25) is 0 Å². The van der Waals surface area contributed by atoms with Crippen LogP contribution in [0.4, 0.5) is 0 Å². The molecule has 3 heteroatoms. The van der Waals surface area contributed by atoms with E-state index in [2.05, 4.69) is 35.6 Å². The summed E-state index contributed by atoms with van der Waals surface area (Å²) in [6.45, 7) is 3.42. The van der Waals surface area contributed by atoms with Crippen molar-refractivity contribution in [3.8, 4) is 0 Å². The second-order valence-electron chi connectivity index (χ2n) is 5.18. The highest BCUT2D eigenvalue weighted by Gasteiger charge is 2.42. The Kier molecular flexibility index (Phi) is 3.64. The molecule has 0 aromatic heterocycles. The number of morpholine rings is 1. The maximum atomic E-state index is 6.21. The van der Waals surface area contributed by atoms with Gasteiger partial charge in [0.1, 0.15) is 0 Å².